The number of ether oxygens (including phenoxy) is 1. The maximum atomic E-state index is 12.7. The van der Waals surface area contributed by atoms with Crippen LogP contribution in [-0.4, -0.2) is 12.6 Å². The van der Waals surface area contributed by atoms with Gasteiger partial charge in [0.1, 0.15) is 0 Å². The van der Waals surface area contributed by atoms with E-state index in [0.29, 0.717) is 30.4 Å². The summed E-state index contributed by atoms with van der Waals surface area (Å²) in [6.07, 6.45) is -8.32. The molecule has 1 aromatic rings. The Hall–Kier alpha value is -1.99. The van der Waals surface area contributed by atoms with Gasteiger partial charge in [0.05, 0.1) is 17.7 Å². The molecular weight excluding hydrogens is 302 g/mol. The molecule has 0 saturated heterocycles. The molecule has 21 heavy (non-hydrogen) atoms. The Labute approximate surface area is 116 Å². The highest BCUT2D eigenvalue weighted by Gasteiger charge is 2.36. The quantitative estimate of drug-likeness (QED) is 0.472. The van der Waals surface area contributed by atoms with Crippen LogP contribution in [-0.2, 0) is 21.9 Å². The summed E-state index contributed by atoms with van der Waals surface area (Å²) in [5, 5.41) is 0. The molecule has 1 aromatic carbocycles. The molecule has 0 bridgehead atoms. The van der Waals surface area contributed by atoms with Crippen LogP contribution in [0.25, 0.3) is 6.08 Å². The minimum atomic E-state index is -4.83. The fourth-order valence-electron chi connectivity index (χ4n) is 1.48. The van der Waals surface area contributed by atoms with Gasteiger partial charge in [0.25, 0.3) is 0 Å². The first-order valence-electron chi connectivity index (χ1n) is 5.69. The fourth-order valence-corrected chi connectivity index (χ4v) is 1.48. The molecule has 1 rings (SSSR count). The standard InChI is InChI=1S/C13H10F6O2/c1-2-21-11(20)6-3-8-7-9(12(14,15)16)4-5-10(8)13(17,18)19/h3-7H,2H2,1H3. The Morgan fingerprint density at radius 3 is 2.24 bits per heavy atom. The van der Waals surface area contributed by atoms with Gasteiger partial charge in [-0.15, -0.1) is 0 Å². The number of halogens is 6. The Bertz CT molecular complexity index is 543. The highest BCUT2D eigenvalue weighted by Crippen LogP contribution is 2.36. The van der Waals surface area contributed by atoms with Crippen molar-refractivity contribution in [3.8, 4) is 0 Å². The molecule has 0 fully saturated rings. The zero-order valence-electron chi connectivity index (χ0n) is 10.7. The smallest absolute Gasteiger partial charge is 0.416 e. The van der Waals surface area contributed by atoms with E-state index in [0.717, 1.165) is 0 Å². The minimum Gasteiger partial charge on any atom is -0.463 e. The van der Waals surface area contributed by atoms with Crippen molar-refractivity contribution in [2.45, 2.75) is 19.3 Å². The molecule has 0 N–H and O–H groups in total. The monoisotopic (exact) mass is 312 g/mol. The van der Waals surface area contributed by atoms with Crippen LogP contribution in [0.5, 0.6) is 0 Å². The zero-order valence-corrected chi connectivity index (χ0v) is 10.7. The van der Waals surface area contributed by atoms with Crippen LogP contribution < -0.4 is 0 Å². The molecule has 0 unspecified atom stereocenters. The Morgan fingerprint density at radius 1 is 1.14 bits per heavy atom. The molecule has 0 aliphatic rings. The topological polar surface area (TPSA) is 26.3 Å². The first-order valence-corrected chi connectivity index (χ1v) is 5.69. The van der Waals surface area contributed by atoms with Crippen molar-refractivity contribution in [3.05, 3.63) is 41.0 Å². The number of alkyl halides is 6. The summed E-state index contributed by atoms with van der Waals surface area (Å²) in [5.41, 5.74) is -3.26. The molecule has 0 heterocycles. The molecule has 8 heteroatoms. The fraction of sp³-hybridized carbons (Fsp3) is 0.308. The number of rotatable bonds is 3. The molecule has 0 spiro atoms. The molecule has 0 atom stereocenters. The van der Waals surface area contributed by atoms with Crippen molar-refractivity contribution in [1.29, 1.82) is 0 Å². The van der Waals surface area contributed by atoms with Crippen molar-refractivity contribution in [3.63, 3.8) is 0 Å². The van der Waals surface area contributed by atoms with Gasteiger partial charge in [0, 0.05) is 6.08 Å². The van der Waals surface area contributed by atoms with Crippen LogP contribution in [0.15, 0.2) is 24.3 Å². The summed E-state index contributed by atoms with van der Waals surface area (Å²) < 4.78 is 80.2. The van der Waals surface area contributed by atoms with E-state index in [-0.39, 0.29) is 6.61 Å². The molecule has 0 saturated carbocycles. The van der Waals surface area contributed by atoms with Crippen LogP contribution >= 0.6 is 0 Å². The van der Waals surface area contributed by atoms with Crippen LogP contribution in [0.1, 0.15) is 23.6 Å². The molecule has 0 aliphatic carbocycles. The van der Waals surface area contributed by atoms with E-state index in [1.54, 1.807) is 0 Å². The van der Waals surface area contributed by atoms with Gasteiger partial charge in [-0.2, -0.15) is 26.3 Å². The average Bonchev–Trinajstić information content (AvgIpc) is 2.34. The molecular formula is C13H10F6O2. The highest BCUT2D eigenvalue weighted by atomic mass is 19.4. The van der Waals surface area contributed by atoms with E-state index in [1.807, 2.05) is 0 Å². The Morgan fingerprint density at radius 2 is 1.76 bits per heavy atom. The van der Waals surface area contributed by atoms with Gasteiger partial charge in [0.15, 0.2) is 0 Å². The lowest BCUT2D eigenvalue weighted by atomic mass is 10.0. The predicted molar refractivity (Wildman–Crippen MR) is 62.1 cm³/mol. The van der Waals surface area contributed by atoms with Gasteiger partial charge in [-0.1, -0.05) is 0 Å². The number of hydrogen-bond donors (Lipinski definition) is 0. The normalized spacial score (nSPS) is 12.7. The maximum Gasteiger partial charge on any atom is 0.416 e. The number of hydrogen-bond acceptors (Lipinski definition) is 2. The maximum absolute atomic E-state index is 12.7. The van der Waals surface area contributed by atoms with E-state index < -0.39 is 35.0 Å². The van der Waals surface area contributed by atoms with E-state index in [4.69, 9.17) is 0 Å². The summed E-state index contributed by atoms with van der Waals surface area (Å²) in [7, 11) is 0. The van der Waals surface area contributed by atoms with Gasteiger partial charge in [-0.05, 0) is 36.8 Å². The van der Waals surface area contributed by atoms with Gasteiger partial charge in [-0.3, -0.25) is 0 Å². The van der Waals surface area contributed by atoms with Gasteiger partial charge in [0.2, 0.25) is 0 Å². The van der Waals surface area contributed by atoms with E-state index in [1.165, 1.54) is 6.92 Å². The molecule has 116 valence electrons. The van der Waals surface area contributed by atoms with Crippen LogP contribution in [0.3, 0.4) is 0 Å². The second kappa shape index (κ2) is 6.19. The van der Waals surface area contributed by atoms with E-state index in [9.17, 15) is 31.1 Å². The van der Waals surface area contributed by atoms with Gasteiger partial charge < -0.3 is 4.74 Å². The average molecular weight is 312 g/mol. The summed E-state index contributed by atoms with van der Waals surface area (Å²) in [4.78, 5) is 11.0. The highest BCUT2D eigenvalue weighted by molar-refractivity contribution is 5.87. The third-order valence-electron chi connectivity index (χ3n) is 2.37. The first-order chi connectivity index (χ1) is 9.55. The number of carbonyl (C=O) groups is 1. The first kappa shape index (κ1) is 17.1. The van der Waals surface area contributed by atoms with Gasteiger partial charge in [-0.25, -0.2) is 4.79 Å². The van der Waals surface area contributed by atoms with Crippen LogP contribution in [0, 0.1) is 0 Å². The largest absolute Gasteiger partial charge is 0.463 e. The van der Waals surface area contributed by atoms with Crippen molar-refractivity contribution >= 4 is 12.0 Å². The third kappa shape index (κ3) is 4.80. The minimum absolute atomic E-state index is 0.00209. The summed E-state index contributed by atoms with van der Waals surface area (Å²) >= 11 is 0. The second-order valence-corrected chi connectivity index (χ2v) is 3.88. The molecule has 0 aromatic heterocycles. The van der Waals surface area contributed by atoms with E-state index >= 15 is 0 Å². The number of carbonyl (C=O) groups excluding carboxylic acids is 1. The van der Waals surface area contributed by atoms with Crippen LogP contribution in [0.2, 0.25) is 0 Å². The number of benzene rings is 1. The molecule has 0 aliphatic heterocycles. The number of esters is 1. The SMILES string of the molecule is CCOC(=O)C=Cc1cc(C(F)(F)F)ccc1C(F)(F)F. The zero-order chi connectivity index (χ0) is 16.3. The van der Waals surface area contributed by atoms with Crippen LogP contribution in [0.4, 0.5) is 26.3 Å². The lowest BCUT2D eigenvalue weighted by Gasteiger charge is -2.13. The lowest BCUT2D eigenvalue weighted by molar-refractivity contribution is -0.141. The molecule has 0 radical (unpaired) electrons. The van der Waals surface area contributed by atoms with E-state index in [2.05, 4.69) is 4.74 Å². The summed E-state index contributed by atoms with van der Waals surface area (Å²) in [5.74, 6) is -0.942. The Kier molecular flexibility index (Phi) is 5.03. The van der Waals surface area contributed by atoms with Crippen molar-refractivity contribution in [2.75, 3.05) is 6.61 Å². The van der Waals surface area contributed by atoms with Crippen molar-refractivity contribution < 1.29 is 35.9 Å². The van der Waals surface area contributed by atoms with Crippen molar-refractivity contribution in [1.82, 2.24) is 0 Å². The molecule has 0 amide bonds. The second-order valence-electron chi connectivity index (χ2n) is 3.88. The van der Waals surface area contributed by atoms with Crippen molar-refractivity contribution in [2.24, 2.45) is 0 Å². The molecule has 2 nitrogen and oxygen atoms in total. The summed E-state index contributed by atoms with van der Waals surface area (Å²) in [6, 6.07) is 0.997. The van der Waals surface area contributed by atoms with Gasteiger partial charge >= 0.3 is 18.3 Å². The lowest BCUT2D eigenvalue weighted by Crippen LogP contribution is -2.11. The summed E-state index contributed by atoms with van der Waals surface area (Å²) in [6.45, 7) is 1.48. The third-order valence-corrected chi connectivity index (χ3v) is 2.37. The Balaban J connectivity index is 3.27. The predicted octanol–water partition coefficient (Wildman–Crippen LogP) is 4.30.